The van der Waals surface area contributed by atoms with Crippen LogP contribution < -0.4 is 11.1 Å². The molecule has 0 aliphatic heterocycles. The quantitative estimate of drug-likeness (QED) is 0.745. The van der Waals surface area contributed by atoms with Gasteiger partial charge in [0, 0.05) is 12.6 Å². The molecule has 0 heterocycles. The van der Waals surface area contributed by atoms with Gasteiger partial charge in [0.2, 0.25) is 0 Å². The number of nitrogens with two attached hydrogens (primary N) is 1. The fourth-order valence-electron chi connectivity index (χ4n) is 1.48. The van der Waals surface area contributed by atoms with Crippen LogP contribution >= 0.6 is 0 Å². The van der Waals surface area contributed by atoms with E-state index in [1.807, 2.05) is 13.0 Å². The number of rotatable bonds is 5. The highest BCUT2D eigenvalue weighted by atomic mass is 19.1. The van der Waals surface area contributed by atoms with Crippen molar-refractivity contribution in [3.05, 3.63) is 35.6 Å². The predicted molar refractivity (Wildman–Crippen MR) is 56.6 cm³/mol. The first-order valence-corrected chi connectivity index (χ1v) is 4.94. The first kappa shape index (κ1) is 11.1. The lowest BCUT2D eigenvalue weighted by atomic mass is 10.1. The van der Waals surface area contributed by atoms with Gasteiger partial charge >= 0.3 is 0 Å². The summed E-state index contributed by atoms with van der Waals surface area (Å²) >= 11 is 0. The highest BCUT2D eigenvalue weighted by molar-refractivity contribution is 5.17. The molecule has 0 aliphatic rings. The minimum atomic E-state index is -0.185. The molecule has 0 fully saturated rings. The van der Waals surface area contributed by atoms with Gasteiger partial charge in [0.15, 0.2) is 0 Å². The predicted octanol–water partition coefficient (Wildman–Crippen LogP) is 1.30. The van der Waals surface area contributed by atoms with Crippen molar-refractivity contribution in [2.24, 2.45) is 5.73 Å². The molecule has 3 N–H and O–H groups in total. The molecule has 0 saturated carbocycles. The number of hydrogen-bond donors (Lipinski definition) is 2. The summed E-state index contributed by atoms with van der Waals surface area (Å²) in [5.41, 5.74) is 6.58. The molecule has 0 aliphatic carbocycles. The lowest BCUT2D eigenvalue weighted by Gasteiger charge is -2.15. The molecule has 0 amide bonds. The Morgan fingerprint density at radius 3 is 2.86 bits per heavy atom. The zero-order valence-corrected chi connectivity index (χ0v) is 8.46. The maximum absolute atomic E-state index is 12.9. The van der Waals surface area contributed by atoms with Gasteiger partial charge in [0.25, 0.3) is 0 Å². The summed E-state index contributed by atoms with van der Waals surface area (Å²) in [6.45, 7) is 3.50. The van der Waals surface area contributed by atoms with Crippen LogP contribution in [0, 0.1) is 5.82 Å². The third kappa shape index (κ3) is 3.44. The summed E-state index contributed by atoms with van der Waals surface area (Å²) in [7, 11) is 0. The van der Waals surface area contributed by atoms with Crippen LogP contribution in [0.1, 0.15) is 12.5 Å². The molecule has 1 rings (SSSR count). The molecule has 78 valence electrons. The third-order valence-electron chi connectivity index (χ3n) is 2.15. The molecule has 1 atom stereocenters. The van der Waals surface area contributed by atoms with Crippen molar-refractivity contribution in [2.75, 3.05) is 13.1 Å². The maximum Gasteiger partial charge on any atom is 0.123 e. The van der Waals surface area contributed by atoms with E-state index >= 15 is 0 Å². The fourth-order valence-corrected chi connectivity index (χ4v) is 1.48. The normalized spacial score (nSPS) is 12.8. The highest BCUT2D eigenvalue weighted by Gasteiger charge is 2.05. The fraction of sp³-hybridized carbons (Fsp3) is 0.455. The molecule has 1 aromatic rings. The number of halogens is 1. The molecule has 0 spiro atoms. The molecule has 0 unspecified atom stereocenters. The Morgan fingerprint density at radius 2 is 2.29 bits per heavy atom. The first-order valence-electron chi connectivity index (χ1n) is 4.94. The Morgan fingerprint density at radius 1 is 1.50 bits per heavy atom. The van der Waals surface area contributed by atoms with E-state index in [4.69, 9.17) is 5.73 Å². The Bertz CT molecular complexity index is 276. The van der Waals surface area contributed by atoms with Gasteiger partial charge in [-0.25, -0.2) is 4.39 Å². The number of nitrogens with one attached hydrogen (secondary N) is 1. The Labute approximate surface area is 84.3 Å². The van der Waals surface area contributed by atoms with Crippen LogP contribution in [0.25, 0.3) is 0 Å². The van der Waals surface area contributed by atoms with Crippen LogP contribution in [0.5, 0.6) is 0 Å². The lowest BCUT2D eigenvalue weighted by molar-refractivity contribution is 0.530. The molecule has 2 nitrogen and oxygen atoms in total. The van der Waals surface area contributed by atoms with E-state index in [0.29, 0.717) is 6.54 Å². The standard InChI is InChI=1S/C11H17FN2/c1-2-14-11(8-13)7-9-4-3-5-10(12)6-9/h3-6,11,14H,2,7-8,13H2,1H3/t11-/m0/s1. The van der Waals surface area contributed by atoms with E-state index in [-0.39, 0.29) is 11.9 Å². The minimum absolute atomic E-state index is 0.185. The van der Waals surface area contributed by atoms with Crippen molar-refractivity contribution in [1.29, 1.82) is 0 Å². The number of benzene rings is 1. The van der Waals surface area contributed by atoms with Gasteiger partial charge in [0.1, 0.15) is 5.82 Å². The Hall–Kier alpha value is -0.930. The zero-order chi connectivity index (χ0) is 10.4. The monoisotopic (exact) mass is 196 g/mol. The second-order valence-corrected chi connectivity index (χ2v) is 3.32. The lowest BCUT2D eigenvalue weighted by Crippen LogP contribution is -2.37. The van der Waals surface area contributed by atoms with Crippen molar-refractivity contribution in [2.45, 2.75) is 19.4 Å². The van der Waals surface area contributed by atoms with Crippen molar-refractivity contribution in [1.82, 2.24) is 5.32 Å². The van der Waals surface area contributed by atoms with Crippen LogP contribution in [0.4, 0.5) is 4.39 Å². The van der Waals surface area contributed by atoms with E-state index in [1.54, 1.807) is 12.1 Å². The summed E-state index contributed by atoms with van der Waals surface area (Å²) in [4.78, 5) is 0. The van der Waals surface area contributed by atoms with E-state index in [2.05, 4.69) is 5.32 Å². The summed E-state index contributed by atoms with van der Waals surface area (Å²) < 4.78 is 12.9. The van der Waals surface area contributed by atoms with Crippen molar-refractivity contribution >= 4 is 0 Å². The third-order valence-corrected chi connectivity index (χ3v) is 2.15. The van der Waals surface area contributed by atoms with Gasteiger partial charge in [-0.2, -0.15) is 0 Å². The van der Waals surface area contributed by atoms with Crippen molar-refractivity contribution in [3.8, 4) is 0 Å². The Kier molecular flexibility index (Phi) is 4.56. The van der Waals surface area contributed by atoms with E-state index in [1.165, 1.54) is 6.07 Å². The van der Waals surface area contributed by atoms with E-state index in [0.717, 1.165) is 18.5 Å². The minimum Gasteiger partial charge on any atom is -0.329 e. The smallest absolute Gasteiger partial charge is 0.123 e. The van der Waals surface area contributed by atoms with Crippen molar-refractivity contribution < 1.29 is 4.39 Å². The molecule has 1 aromatic carbocycles. The first-order chi connectivity index (χ1) is 6.76. The molecule has 3 heteroatoms. The van der Waals surface area contributed by atoms with E-state index in [9.17, 15) is 4.39 Å². The average Bonchev–Trinajstić information content (AvgIpc) is 2.17. The molecular weight excluding hydrogens is 179 g/mol. The maximum atomic E-state index is 12.9. The molecule has 0 saturated heterocycles. The van der Waals surface area contributed by atoms with Crippen LogP contribution in [0.3, 0.4) is 0 Å². The molecule has 0 radical (unpaired) electrons. The average molecular weight is 196 g/mol. The second-order valence-electron chi connectivity index (χ2n) is 3.32. The number of likely N-dealkylation sites (N-methyl/N-ethyl adjacent to an activating group) is 1. The summed E-state index contributed by atoms with van der Waals surface area (Å²) in [6, 6.07) is 6.89. The summed E-state index contributed by atoms with van der Waals surface area (Å²) in [5.74, 6) is -0.185. The topological polar surface area (TPSA) is 38.0 Å². The Balaban J connectivity index is 2.57. The van der Waals surface area contributed by atoms with Gasteiger partial charge in [-0.1, -0.05) is 19.1 Å². The summed E-state index contributed by atoms with van der Waals surface area (Å²) in [6.07, 6.45) is 0.780. The van der Waals surface area contributed by atoms with Crippen molar-refractivity contribution in [3.63, 3.8) is 0 Å². The largest absolute Gasteiger partial charge is 0.329 e. The van der Waals surface area contributed by atoms with E-state index < -0.39 is 0 Å². The van der Waals surface area contributed by atoms with Crippen LogP contribution in [-0.4, -0.2) is 19.1 Å². The number of hydrogen-bond acceptors (Lipinski definition) is 2. The van der Waals surface area contributed by atoms with Gasteiger partial charge in [-0.3, -0.25) is 0 Å². The van der Waals surface area contributed by atoms with Crippen LogP contribution in [0.15, 0.2) is 24.3 Å². The second kappa shape index (κ2) is 5.73. The SMILES string of the molecule is CCN[C@H](CN)Cc1cccc(F)c1. The summed E-state index contributed by atoms with van der Waals surface area (Å²) in [5, 5.41) is 3.25. The molecule has 14 heavy (non-hydrogen) atoms. The zero-order valence-electron chi connectivity index (χ0n) is 8.46. The van der Waals surface area contributed by atoms with Gasteiger partial charge in [0.05, 0.1) is 0 Å². The van der Waals surface area contributed by atoms with Gasteiger partial charge in [-0.15, -0.1) is 0 Å². The molecule has 0 bridgehead atoms. The van der Waals surface area contributed by atoms with Gasteiger partial charge in [-0.05, 0) is 30.7 Å². The van der Waals surface area contributed by atoms with Crippen LogP contribution in [-0.2, 0) is 6.42 Å². The van der Waals surface area contributed by atoms with Gasteiger partial charge < -0.3 is 11.1 Å². The highest BCUT2D eigenvalue weighted by Crippen LogP contribution is 2.05. The molecule has 0 aromatic heterocycles. The van der Waals surface area contributed by atoms with Crippen LogP contribution in [0.2, 0.25) is 0 Å². The molecular formula is C11H17FN2.